The molecule has 0 rings (SSSR count). The fraction of sp³-hybridized carbons (Fsp3) is 0.947. The van der Waals surface area contributed by atoms with Crippen molar-refractivity contribution in [2.75, 3.05) is 39.6 Å². The molecule has 0 aromatic carbocycles. The Labute approximate surface area is 575 Å². The van der Waals surface area contributed by atoms with Crippen LogP contribution in [0.2, 0.25) is 0 Å². The van der Waals surface area contributed by atoms with Crippen molar-refractivity contribution in [2.45, 2.75) is 407 Å². The van der Waals surface area contributed by atoms with Gasteiger partial charge in [-0.25, -0.2) is 9.13 Å². The highest BCUT2D eigenvalue weighted by atomic mass is 31.2. The lowest BCUT2D eigenvalue weighted by Crippen LogP contribution is -2.30. The van der Waals surface area contributed by atoms with Crippen LogP contribution >= 0.6 is 15.6 Å². The Balaban J connectivity index is 5.18. The molecule has 0 aliphatic carbocycles. The molecule has 0 aromatic rings. The summed E-state index contributed by atoms with van der Waals surface area (Å²) in [5, 5.41) is 10.6. The lowest BCUT2D eigenvalue weighted by atomic mass is 10.0. The molecule has 0 spiro atoms. The predicted octanol–water partition coefficient (Wildman–Crippen LogP) is 21.9. The van der Waals surface area contributed by atoms with E-state index in [0.717, 1.165) is 102 Å². The van der Waals surface area contributed by atoms with Crippen LogP contribution < -0.4 is 0 Å². The van der Waals surface area contributed by atoms with Crippen LogP contribution in [0.1, 0.15) is 388 Å². The van der Waals surface area contributed by atoms with Gasteiger partial charge in [0.15, 0.2) is 12.2 Å². The number of unbranched alkanes of at least 4 members (excludes halogenated alkanes) is 44. The molecular weight excluding hydrogens is 1230 g/mol. The molecule has 17 nitrogen and oxygen atoms in total. The maximum Gasteiger partial charge on any atom is 0.472 e. The molecule has 0 aliphatic rings. The third-order valence-corrected chi connectivity index (χ3v) is 19.4. The van der Waals surface area contributed by atoms with E-state index in [0.29, 0.717) is 31.6 Å². The van der Waals surface area contributed by atoms with E-state index in [4.69, 9.17) is 37.0 Å². The first-order valence-electron chi connectivity index (χ1n) is 39.0. The van der Waals surface area contributed by atoms with Gasteiger partial charge in [0.1, 0.15) is 19.3 Å². The quantitative estimate of drug-likeness (QED) is 0.0222. The van der Waals surface area contributed by atoms with Gasteiger partial charge in [0, 0.05) is 25.7 Å². The fourth-order valence-corrected chi connectivity index (χ4v) is 13.1. The van der Waals surface area contributed by atoms with Gasteiger partial charge in [-0.3, -0.25) is 37.3 Å². The van der Waals surface area contributed by atoms with Crippen molar-refractivity contribution >= 4 is 39.5 Å². The summed E-state index contributed by atoms with van der Waals surface area (Å²) in [6.07, 6.45) is 54.2. The molecular formula is C75H146O17P2. The molecule has 3 N–H and O–H groups in total. The van der Waals surface area contributed by atoms with Crippen molar-refractivity contribution in [3.05, 3.63) is 0 Å². The van der Waals surface area contributed by atoms with E-state index >= 15 is 0 Å². The lowest BCUT2D eigenvalue weighted by molar-refractivity contribution is -0.161. The number of carbonyl (C=O) groups excluding carboxylic acids is 4. The molecule has 0 fully saturated rings. The SMILES string of the molecule is CCCCCCCCCCCCCCC(=O)OC[C@H](COP(=O)(O)OC[C@@H](O)COP(=O)(O)OC[C@@H](COC(=O)CCCCCCCCCC(C)C)OC(=O)CCCCCCCCCCCCC)OC(=O)CCCCCCCCCCCCCCCCCCCCC(C)C. The van der Waals surface area contributed by atoms with Crippen molar-refractivity contribution in [3.8, 4) is 0 Å². The van der Waals surface area contributed by atoms with Crippen LogP contribution in [0.5, 0.6) is 0 Å². The van der Waals surface area contributed by atoms with Crippen molar-refractivity contribution in [2.24, 2.45) is 11.8 Å². The molecule has 0 saturated heterocycles. The summed E-state index contributed by atoms with van der Waals surface area (Å²) in [5.41, 5.74) is 0. The van der Waals surface area contributed by atoms with Gasteiger partial charge in [0.25, 0.3) is 0 Å². The van der Waals surface area contributed by atoms with Crippen molar-refractivity contribution in [1.29, 1.82) is 0 Å². The highest BCUT2D eigenvalue weighted by molar-refractivity contribution is 7.47. The number of hydrogen-bond acceptors (Lipinski definition) is 15. The number of hydrogen-bond donors (Lipinski definition) is 3. The Morgan fingerprint density at radius 3 is 0.723 bits per heavy atom. The number of phosphoric ester groups is 2. The Morgan fingerprint density at radius 1 is 0.287 bits per heavy atom. The minimum absolute atomic E-state index is 0.106. The number of esters is 4. The molecule has 0 heterocycles. The molecule has 0 saturated carbocycles. The number of aliphatic hydroxyl groups is 1. The molecule has 2 unspecified atom stereocenters. The highest BCUT2D eigenvalue weighted by Gasteiger charge is 2.30. The van der Waals surface area contributed by atoms with Gasteiger partial charge in [0.05, 0.1) is 26.4 Å². The number of carbonyl (C=O) groups is 4. The Kier molecular flexibility index (Phi) is 65.5. The number of phosphoric acid groups is 2. The summed E-state index contributed by atoms with van der Waals surface area (Å²) < 4.78 is 68.4. The molecule has 5 atom stereocenters. The maximum atomic E-state index is 13.1. The summed E-state index contributed by atoms with van der Waals surface area (Å²) in [5.74, 6) is -0.592. The minimum Gasteiger partial charge on any atom is -0.462 e. The van der Waals surface area contributed by atoms with Crippen molar-refractivity contribution in [3.63, 3.8) is 0 Å². The topological polar surface area (TPSA) is 237 Å². The average Bonchev–Trinajstić information content (AvgIpc) is 3.62. The molecule has 558 valence electrons. The summed E-state index contributed by atoms with van der Waals surface area (Å²) in [6.45, 7) is 9.56. The molecule has 0 aliphatic heterocycles. The van der Waals surface area contributed by atoms with E-state index < -0.39 is 97.5 Å². The molecule has 0 bridgehead atoms. The maximum absolute atomic E-state index is 13.1. The first kappa shape index (κ1) is 92.1. The second-order valence-electron chi connectivity index (χ2n) is 28.0. The summed E-state index contributed by atoms with van der Waals surface area (Å²) in [4.78, 5) is 72.7. The second-order valence-corrected chi connectivity index (χ2v) is 30.9. The summed E-state index contributed by atoms with van der Waals surface area (Å²) in [7, 11) is -9.91. The van der Waals surface area contributed by atoms with Crippen molar-refractivity contribution in [1.82, 2.24) is 0 Å². The minimum atomic E-state index is -4.95. The predicted molar refractivity (Wildman–Crippen MR) is 381 cm³/mol. The third kappa shape index (κ3) is 68.6. The van der Waals surface area contributed by atoms with E-state index in [2.05, 4.69) is 41.5 Å². The zero-order valence-electron chi connectivity index (χ0n) is 61.3. The van der Waals surface area contributed by atoms with Crippen LogP contribution in [0.3, 0.4) is 0 Å². The van der Waals surface area contributed by atoms with Crippen LogP contribution in [0.25, 0.3) is 0 Å². The standard InChI is InChI=1S/C75H146O17P2/c1-7-9-11-13-15-17-19-30-33-39-45-51-57-72(77)85-63-70(91-75(80)60-54-48-41-35-31-27-25-23-21-20-22-24-26-29-32-37-43-49-55-67(3)4)65-89-93(81,82)87-61-69(76)62-88-94(83,84)90-66-71(64-86-73(78)58-52-46-42-36-38-44-50-56-68(5)6)92-74(79)59-53-47-40-34-28-18-16-14-12-10-8-2/h67-71,76H,7-66H2,1-6H3,(H,81,82)(H,83,84)/t69-,70-,71-/m1/s1. The molecule has 0 aromatic heterocycles. The van der Waals surface area contributed by atoms with E-state index in [1.54, 1.807) is 0 Å². The lowest BCUT2D eigenvalue weighted by Gasteiger charge is -2.21. The third-order valence-electron chi connectivity index (χ3n) is 17.5. The average molecular weight is 1380 g/mol. The van der Waals surface area contributed by atoms with Gasteiger partial charge in [-0.1, -0.05) is 337 Å². The number of aliphatic hydroxyl groups excluding tert-OH is 1. The van der Waals surface area contributed by atoms with Crippen LogP contribution in [-0.2, 0) is 65.4 Å². The molecule has 19 heteroatoms. The van der Waals surface area contributed by atoms with Crippen LogP contribution in [0.4, 0.5) is 0 Å². The second kappa shape index (κ2) is 66.9. The zero-order chi connectivity index (χ0) is 69.3. The first-order valence-corrected chi connectivity index (χ1v) is 42.0. The Morgan fingerprint density at radius 2 is 0.489 bits per heavy atom. The fourth-order valence-electron chi connectivity index (χ4n) is 11.5. The van der Waals surface area contributed by atoms with Gasteiger partial charge in [-0.15, -0.1) is 0 Å². The van der Waals surface area contributed by atoms with Gasteiger partial charge in [-0.05, 0) is 37.5 Å². The van der Waals surface area contributed by atoms with Gasteiger partial charge >= 0.3 is 39.5 Å². The van der Waals surface area contributed by atoms with E-state index in [1.807, 2.05) is 0 Å². The van der Waals surface area contributed by atoms with Crippen LogP contribution in [-0.4, -0.2) is 96.7 Å². The molecule has 94 heavy (non-hydrogen) atoms. The normalized spacial score (nSPS) is 14.0. The number of rotatable bonds is 74. The smallest absolute Gasteiger partial charge is 0.462 e. The van der Waals surface area contributed by atoms with Gasteiger partial charge in [-0.2, -0.15) is 0 Å². The molecule has 0 radical (unpaired) electrons. The van der Waals surface area contributed by atoms with Crippen molar-refractivity contribution < 1.29 is 80.2 Å². The number of ether oxygens (including phenoxy) is 4. The summed E-state index contributed by atoms with van der Waals surface area (Å²) >= 11 is 0. The highest BCUT2D eigenvalue weighted by Crippen LogP contribution is 2.45. The largest absolute Gasteiger partial charge is 0.472 e. The van der Waals surface area contributed by atoms with E-state index in [1.165, 1.54) is 199 Å². The Bertz CT molecular complexity index is 1820. The summed E-state index contributed by atoms with van der Waals surface area (Å²) in [6, 6.07) is 0. The molecule has 0 amide bonds. The van der Waals surface area contributed by atoms with Crippen LogP contribution in [0.15, 0.2) is 0 Å². The monoisotopic (exact) mass is 1380 g/mol. The van der Waals surface area contributed by atoms with Gasteiger partial charge < -0.3 is 33.8 Å². The first-order chi connectivity index (χ1) is 45.4. The Hall–Kier alpha value is -1.94. The van der Waals surface area contributed by atoms with E-state index in [-0.39, 0.29) is 25.7 Å². The van der Waals surface area contributed by atoms with E-state index in [9.17, 15) is 43.2 Å². The van der Waals surface area contributed by atoms with Crippen LogP contribution in [0, 0.1) is 11.8 Å². The zero-order valence-corrected chi connectivity index (χ0v) is 63.1. The van der Waals surface area contributed by atoms with Gasteiger partial charge in [0.2, 0.25) is 0 Å².